The maximum atomic E-state index is 11.9. The minimum Gasteiger partial charge on any atom is -0.383 e. The van der Waals surface area contributed by atoms with Crippen molar-refractivity contribution >= 4 is 17.8 Å². The summed E-state index contributed by atoms with van der Waals surface area (Å²) in [5, 5.41) is 0. The fourth-order valence-corrected chi connectivity index (χ4v) is 1.43. The zero-order valence-corrected chi connectivity index (χ0v) is 12.3. The summed E-state index contributed by atoms with van der Waals surface area (Å²) in [5.41, 5.74) is 1.42. The number of allylic oxidation sites excluding steroid dienone is 1. The van der Waals surface area contributed by atoms with Crippen molar-refractivity contribution in [3.63, 3.8) is 0 Å². The van der Waals surface area contributed by atoms with E-state index < -0.39 is 0 Å². The average Bonchev–Trinajstić information content (AvgIpc) is 2.42. The summed E-state index contributed by atoms with van der Waals surface area (Å²) in [6.07, 6.45) is 6.42. The van der Waals surface area contributed by atoms with Crippen LogP contribution in [0.4, 0.5) is 0 Å². The van der Waals surface area contributed by atoms with Gasteiger partial charge in [-0.1, -0.05) is 18.2 Å². The molecule has 0 unspecified atom stereocenters. The SMILES string of the molecule is CN(C)C=CC(=O)c1cccc(C=CC(=O)N(C)C)c1. The molecular formula is C16H20N2O2. The molecule has 1 amide bonds. The van der Waals surface area contributed by atoms with E-state index in [9.17, 15) is 9.59 Å². The predicted octanol–water partition coefficient (Wildman–Crippen LogP) is 2.05. The van der Waals surface area contributed by atoms with Crippen molar-refractivity contribution in [2.45, 2.75) is 0 Å². The lowest BCUT2D eigenvalue weighted by Gasteiger charge is -2.05. The predicted molar refractivity (Wildman–Crippen MR) is 81.3 cm³/mol. The van der Waals surface area contributed by atoms with Crippen LogP contribution in [0.2, 0.25) is 0 Å². The molecule has 0 aliphatic rings. The summed E-state index contributed by atoms with van der Waals surface area (Å²) in [6.45, 7) is 0. The molecule has 106 valence electrons. The van der Waals surface area contributed by atoms with Crippen LogP contribution in [-0.2, 0) is 4.79 Å². The Morgan fingerprint density at radius 1 is 1.05 bits per heavy atom. The molecule has 0 saturated heterocycles. The van der Waals surface area contributed by atoms with Crippen LogP contribution in [0.25, 0.3) is 6.08 Å². The molecule has 0 heterocycles. The molecule has 0 aliphatic heterocycles. The Bertz CT molecular complexity index is 543. The van der Waals surface area contributed by atoms with Gasteiger partial charge in [0.25, 0.3) is 0 Å². The molecule has 0 radical (unpaired) electrons. The highest BCUT2D eigenvalue weighted by Crippen LogP contribution is 2.09. The van der Waals surface area contributed by atoms with Gasteiger partial charge in [0.05, 0.1) is 0 Å². The van der Waals surface area contributed by atoms with Gasteiger partial charge in [-0.2, -0.15) is 0 Å². The Balaban J connectivity index is 2.86. The summed E-state index contributed by atoms with van der Waals surface area (Å²) >= 11 is 0. The number of benzene rings is 1. The second-order valence-corrected chi connectivity index (χ2v) is 4.84. The van der Waals surface area contributed by atoms with Gasteiger partial charge in [0.2, 0.25) is 5.91 Å². The number of likely N-dealkylation sites (N-methyl/N-ethyl adjacent to an activating group) is 1. The minimum absolute atomic E-state index is 0.0621. The number of carbonyl (C=O) groups is 2. The topological polar surface area (TPSA) is 40.6 Å². The molecule has 1 rings (SSSR count). The molecule has 0 aliphatic carbocycles. The molecule has 0 spiro atoms. The molecule has 0 atom stereocenters. The van der Waals surface area contributed by atoms with Crippen molar-refractivity contribution < 1.29 is 9.59 Å². The summed E-state index contributed by atoms with van der Waals surface area (Å²) < 4.78 is 0. The second-order valence-electron chi connectivity index (χ2n) is 4.84. The number of hydrogen-bond donors (Lipinski definition) is 0. The summed E-state index contributed by atoms with van der Waals surface area (Å²) in [7, 11) is 7.10. The van der Waals surface area contributed by atoms with Crippen LogP contribution in [-0.4, -0.2) is 49.7 Å². The number of carbonyl (C=O) groups excluding carboxylic acids is 2. The molecule has 1 aromatic carbocycles. The normalized spacial score (nSPS) is 11.0. The maximum absolute atomic E-state index is 11.9. The largest absolute Gasteiger partial charge is 0.383 e. The first-order valence-electron chi connectivity index (χ1n) is 6.28. The third-order valence-corrected chi connectivity index (χ3v) is 2.55. The van der Waals surface area contributed by atoms with E-state index in [0.717, 1.165) is 5.56 Å². The molecule has 1 aromatic rings. The lowest BCUT2D eigenvalue weighted by atomic mass is 10.1. The van der Waals surface area contributed by atoms with E-state index in [1.807, 2.05) is 20.2 Å². The quantitative estimate of drug-likeness (QED) is 0.608. The van der Waals surface area contributed by atoms with E-state index in [-0.39, 0.29) is 11.7 Å². The Morgan fingerprint density at radius 3 is 2.35 bits per heavy atom. The van der Waals surface area contributed by atoms with E-state index in [1.54, 1.807) is 49.5 Å². The molecule has 0 saturated carbocycles. The van der Waals surface area contributed by atoms with E-state index in [2.05, 4.69) is 0 Å². The van der Waals surface area contributed by atoms with Crippen molar-refractivity contribution in [3.05, 3.63) is 53.7 Å². The molecule has 0 aromatic heterocycles. The fourth-order valence-electron chi connectivity index (χ4n) is 1.43. The van der Waals surface area contributed by atoms with E-state index in [4.69, 9.17) is 0 Å². The molecule has 20 heavy (non-hydrogen) atoms. The van der Waals surface area contributed by atoms with Gasteiger partial charge in [0.1, 0.15) is 0 Å². The second kappa shape index (κ2) is 7.28. The minimum atomic E-state index is -0.0887. The lowest BCUT2D eigenvalue weighted by Crippen LogP contribution is -2.18. The highest BCUT2D eigenvalue weighted by atomic mass is 16.2. The number of amides is 1. The standard InChI is InChI=1S/C16H20N2O2/c1-17(2)11-10-15(19)14-7-5-6-13(12-14)8-9-16(20)18(3)4/h5-12H,1-4H3. The average molecular weight is 272 g/mol. The Kier molecular flexibility index (Phi) is 5.72. The summed E-state index contributed by atoms with van der Waals surface area (Å²) in [5.74, 6) is -0.151. The van der Waals surface area contributed by atoms with Gasteiger partial charge in [0.15, 0.2) is 5.78 Å². The smallest absolute Gasteiger partial charge is 0.246 e. The van der Waals surface area contributed by atoms with Crippen molar-refractivity contribution in [2.75, 3.05) is 28.2 Å². The Labute approximate surface area is 120 Å². The van der Waals surface area contributed by atoms with Gasteiger partial charge in [-0.3, -0.25) is 9.59 Å². The first-order valence-corrected chi connectivity index (χ1v) is 6.28. The van der Waals surface area contributed by atoms with Crippen LogP contribution in [0.5, 0.6) is 0 Å². The monoisotopic (exact) mass is 272 g/mol. The molecular weight excluding hydrogens is 252 g/mol. The number of rotatable bonds is 5. The van der Waals surface area contributed by atoms with Crippen LogP contribution in [0.3, 0.4) is 0 Å². The van der Waals surface area contributed by atoms with Crippen molar-refractivity contribution in [1.29, 1.82) is 0 Å². The van der Waals surface area contributed by atoms with Gasteiger partial charge in [0, 0.05) is 52.1 Å². The molecule has 4 heteroatoms. The van der Waals surface area contributed by atoms with Crippen LogP contribution in [0.1, 0.15) is 15.9 Å². The van der Waals surface area contributed by atoms with Crippen LogP contribution in [0, 0.1) is 0 Å². The number of hydrogen-bond acceptors (Lipinski definition) is 3. The van der Waals surface area contributed by atoms with Gasteiger partial charge in [-0.15, -0.1) is 0 Å². The molecule has 0 N–H and O–H groups in total. The van der Waals surface area contributed by atoms with Gasteiger partial charge < -0.3 is 9.80 Å². The van der Waals surface area contributed by atoms with Crippen molar-refractivity contribution in [1.82, 2.24) is 9.80 Å². The summed E-state index contributed by atoms with van der Waals surface area (Å²) in [6, 6.07) is 7.18. The van der Waals surface area contributed by atoms with Crippen molar-refractivity contribution in [3.8, 4) is 0 Å². The molecule has 0 fully saturated rings. The lowest BCUT2D eigenvalue weighted by molar-refractivity contribution is -0.123. The molecule has 4 nitrogen and oxygen atoms in total. The third kappa shape index (κ3) is 5.10. The maximum Gasteiger partial charge on any atom is 0.246 e. The van der Waals surface area contributed by atoms with Crippen LogP contribution >= 0.6 is 0 Å². The van der Waals surface area contributed by atoms with E-state index in [0.29, 0.717) is 5.56 Å². The number of nitrogens with zero attached hydrogens (tertiary/aromatic N) is 2. The zero-order valence-electron chi connectivity index (χ0n) is 12.3. The third-order valence-electron chi connectivity index (χ3n) is 2.55. The van der Waals surface area contributed by atoms with Gasteiger partial charge >= 0.3 is 0 Å². The van der Waals surface area contributed by atoms with Crippen LogP contribution < -0.4 is 0 Å². The highest BCUT2D eigenvalue weighted by molar-refractivity contribution is 6.04. The Morgan fingerprint density at radius 2 is 1.75 bits per heavy atom. The first kappa shape index (κ1) is 15.7. The molecule has 0 bridgehead atoms. The van der Waals surface area contributed by atoms with Gasteiger partial charge in [-0.25, -0.2) is 0 Å². The van der Waals surface area contributed by atoms with E-state index in [1.165, 1.54) is 17.1 Å². The van der Waals surface area contributed by atoms with Gasteiger partial charge in [-0.05, 0) is 17.7 Å². The number of ketones is 1. The first-order chi connectivity index (χ1) is 9.40. The Hall–Kier alpha value is -2.36. The fraction of sp³-hybridized carbons (Fsp3) is 0.250. The zero-order chi connectivity index (χ0) is 15.1. The highest BCUT2D eigenvalue weighted by Gasteiger charge is 2.02. The van der Waals surface area contributed by atoms with E-state index >= 15 is 0 Å². The van der Waals surface area contributed by atoms with Crippen LogP contribution in [0.15, 0.2) is 42.6 Å². The summed E-state index contributed by atoms with van der Waals surface area (Å²) in [4.78, 5) is 26.7. The van der Waals surface area contributed by atoms with Crippen molar-refractivity contribution in [2.24, 2.45) is 0 Å².